The summed E-state index contributed by atoms with van der Waals surface area (Å²) in [5.41, 5.74) is 0.415. The lowest BCUT2D eigenvalue weighted by atomic mass is 9.90. The molecule has 1 N–H and O–H groups in total. The number of rotatable bonds is 5. The first kappa shape index (κ1) is 12.9. The van der Waals surface area contributed by atoms with E-state index in [1.807, 2.05) is 0 Å². The Balaban J connectivity index is 2.14. The molecule has 90 valence electrons. The average Bonchev–Trinajstić information content (AvgIpc) is 2.19. The third-order valence-electron chi connectivity index (χ3n) is 2.43. The number of aromatic hydroxyl groups is 1. The van der Waals surface area contributed by atoms with Crippen LogP contribution in [0.1, 0.15) is 40.0 Å². The van der Waals surface area contributed by atoms with Gasteiger partial charge in [0, 0.05) is 0 Å². The van der Waals surface area contributed by atoms with Crippen molar-refractivity contribution >= 4 is 0 Å². The van der Waals surface area contributed by atoms with Crippen molar-refractivity contribution in [3.8, 4) is 11.5 Å². The number of phenolic OH excluding ortho intramolecular Hbond substituents is 1. The van der Waals surface area contributed by atoms with Gasteiger partial charge >= 0.3 is 0 Å². The number of hydrogen-bond acceptors (Lipinski definition) is 2. The summed E-state index contributed by atoms with van der Waals surface area (Å²) in [5.74, 6) is 1.11. The Kier molecular flexibility index (Phi) is 4.66. The molecule has 0 unspecified atom stereocenters. The molecule has 1 aromatic rings. The van der Waals surface area contributed by atoms with Gasteiger partial charge in [-0.15, -0.1) is 0 Å². The Morgan fingerprint density at radius 3 is 2.25 bits per heavy atom. The van der Waals surface area contributed by atoms with E-state index < -0.39 is 0 Å². The maximum atomic E-state index is 9.10. The van der Waals surface area contributed by atoms with Crippen LogP contribution in [0.3, 0.4) is 0 Å². The fraction of sp³-hybridized carbons (Fsp3) is 0.571. The van der Waals surface area contributed by atoms with E-state index in [4.69, 9.17) is 9.84 Å². The molecule has 0 saturated carbocycles. The van der Waals surface area contributed by atoms with Gasteiger partial charge in [-0.25, -0.2) is 0 Å². The number of benzene rings is 1. The fourth-order valence-corrected chi connectivity index (χ4v) is 1.49. The van der Waals surface area contributed by atoms with E-state index in [9.17, 15) is 0 Å². The van der Waals surface area contributed by atoms with Gasteiger partial charge in [0.1, 0.15) is 11.5 Å². The number of phenols is 1. The minimum atomic E-state index is 0.278. The predicted octanol–water partition coefficient (Wildman–Crippen LogP) is 3.99. The van der Waals surface area contributed by atoms with Gasteiger partial charge < -0.3 is 9.84 Å². The van der Waals surface area contributed by atoms with Crippen molar-refractivity contribution in [1.82, 2.24) is 0 Å². The number of hydrogen-bond donors (Lipinski definition) is 1. The van der Waals surface area contributed by atoms with E-state index in [0.717, 1.165) is 18.8 Å². The van der Waals surface area contributed by atoms with E-state index in [1.165, 1.54) is 12.8 Å². The van der Waals surface area contributed by atoms with Crippen LogP contribution in [0.25, 0.3) is 0 Å². The molecule has 0 bridgehead atoms. The summed E-state index contributed by atoms with van der Waals surface area (Å²) in [5, 5.41) is 9.10. The van der Waals surface area contributed by atoms with Gasteiger partial charge in [-0.05, 0) is 48.9 Å². The van der Waals surface area contributed by atoms with Crippen LogP contribution >= 0.6 is 0 Å². The topological polar surface area (TPSA) is 29.5 Å². The lowest BCUT2D eigenvalue weighted by Crippen LogP contribution is -2.05. The molecule has 2 heteroatoms. The third kappa shape index (κ3) is 5.64. The SMILES string of the molecule is CC(C)(C)CCCCOc1ccc(O)cc1. The molecule has 0 heterocycles. The minimum absolute atomic E-state index is 0.278. The summed E-state index contributed by atoms with van der Waals surface area (Å²) in [4.78, 5) is 0. The molecule has 0 radical (unpaired) electrons. The largest absolute Gasteiger partial charge is 0.508 e. The Morgan fingerprint density at radius 1 is 1.06 bits per heavy atom. The lowest BCUT2D eigenvalue weighted by Gasteiger charge is -2.17. The van der Waals surface area contributed by atoms with Gasteiger partial charge in [0.15, 0.2) is 0 Å². The van der Waals surface area contributed by atoms with Gasteiger partial charge in [-0.1, -0.05) is 20.8 Å². The molecule has 0 aliphatic rings. The first-order chi connectivity index (χ1) is 7.47. The van der Waals surface area contributed by atoms with E-state index >= 15 is 0 Å². The van der Waals surface area contributed by atoms with Crippen LogP contribution in [-0.2, 0) is 0 Å². The molecule has 0 aliphatic carbocycles. The number of ether oxygens (including phenoxy) is 1. The molecule has 2 nitrogen and oxygen atoms in total. The minimum Gasteiger partial charge on any atom is -0.508 e. The highest BCUT2D eigenvalue weighted by atomic mass is 16.5. The summed E-state index contributed by atoms with van der Waals surface area (Å²) in [6.07, 6.45) is 3.51. The predicted molar refractivity (Wildman–Crippen MR) is 66.9 cm³/mol. The summed E-state index contributed by atoms with van der Waals surface area (Å²) in [7, 11) is 0. The molecule has 0 aromatic heterocycles. The zero-order valence-electron chi connectivity index (χ0n) is 10.5. The van der Waals surface area contributed by atoms with Gasteiger partial charge in [0.25, 0.3) is 0 Å². The van der Waals surface area contributed by atoms with Gasteiger partial charge in [-0.2, -0.15) is 0 Å². The van der Waals surface area contributed by atoms with E-state index in [2.05, 4.69) is 20.8 Å². The molecule has 0 amide bonds. The van der Waals surface area contributed by atoms with Crippen LogP contribution in [0.15, 0.2) is 24.3 Å². The first-order valence-electron chi connectivity index (χ1n) is 5.89. The molecular weight excluding hydrogens is 200 g/mol. The fourth-order valence-electron chi connectivity index (χ4n) is 1.49. The maximum Gasteiger partial charge on any atom is 0.119 e. The van der Waals surface area contributed by atoms with Crippen molar-refractivity contribution in [3.63, 3.8) is 0 Å². The quantitative estimate of drug-likeness (QED) is 0.763. The normalized spacial score (nSPS) is 11.4. The molecule has 16 heavy (non-hydrogen) atoms. The first-order valence-corrected chi connectivity index (χ1v) is 5.89. The van der Waals surface area contributed by atoms with Crippen LogP contribution in [0.2, 0.25) is 0 Å². The van der Waals surface area contributed by atoms with Gasteiger partial charge in [0.05, 0.1) is 6.61 Å². The van der Waals surface area contributed by atoms with Crippen molar-refractivity contribution in [2.75, 3.05) is 6.61 Å². The van der Waals surface area contributed by atoms with Crippen molar-refractivity contribution in [2.45, 2.75) is 40.0 Å². The molecule has 1 aromatic carbocycles. The Bertz CT molecular complexity index is 296. The summed E-state index contributed by atoms with van der Waals surface area (Å²) < 4.78 is 5.56. The number of unbranched alkanes of at least 4 members (excludes halogenated alkanes) is 1. The van der Waals surface area contributed by atoms with Crippen LogP contribution < -0.4 is 4.74 Å². The van der Waals surface area contributed by atoms with Crippen LogP contribution in [-0.4, -0.2) is 11.7 Å². The molecule has 0 saturated heterocycles. The highest BCUT2D eigenvalue weighted by Crippen LogP contribution is 2.22. The second-order valence-corrected chi connectivity index (χ2v) is 5.36. The van der Waals surface area contributed by atoms with Crippen molar-refractivity contribution in [1.29, 1.82) is 0 Å². The molecule has 0 fully saturated rings. The zero-order chi connectivity index (χ0) is 12.0. The smallest absolute Gasteiger partial charge is 0.119 e. The van der Waals surface area contributed by atoms with E-state index in [1.54, 1.807) is 24.3 Å². The standard InChI is InChI=1S/C14H22O2/c1-14(2,3)10-4-5-11-16-13-8-6-12(15)7-9-13/h6-9,15H,4-5,10-11H2,1-3H3. The summed E-state index contributed by atoms with van der Waals surface area (Å²) in [6, 6.07) is 6.87. The lowest BCUT2D eigenvalue weighted by molar-refractivity contribution is 0.285. The molecule has 0 aliphatic heterocycles. The molecule has 0 atom stereocenters. The molecule has 0 spiro atoms. The van der Waals surface area contributed by atoms with Gasteiger partial charge in [0.2, 0.25) is 0 Å². The average molecular weight is 222 g/mol. The van der Waals surface area contributed by atoms with Crippen molar-refractivity contribution in [2.24, 2.45) is 5.41 Å². The van der Waals surface area contributed by atoms with E-state index in [-0.39, 0.29) is 5.75 Å². The maximum absolute atomic E-state index is 9.10. The Morgan fingerprint density at radius 2 is 1.69 bits per heavy atom. The Labute approximate surface area is 98.3 Å². The van der Waals surface area contributed by atoms with E-state index in [0.29, 0.717) is 5.41 Å². The molecule has 1 rings (SSSR count). The van der Waals surface area contributed by atoms with Gasteiger partial charge in [-0.3, -0.25) is 0 Å². The highest BCUT2D eigenvalue weighted by molar-refractivity contribution is 5.29. The zero-order valence-corrected chi connectivity index (χ0v) is 10.5. The molecular formula is C14H22O2. The Hall–Kier alpha value is -1.18. The van der Waals surface area contributed by atoms with Crippen LogP contribution in [0.5, 0.6) is 11.5 Å². The van der Waals surface area contributed by atoms with Crippen LogP contribution in [0.4, 0.5) is 0 Å². The van der Waals surface area contributed by atoms with Crippen molar-refractivity contribution in [3.05, 3.63) is 24.3 Å². The summed E-state index contributed by atoms with van der Waals surface area (Å²) >= 11 is 0. The summed E-state index contributed by atoms with van der Waals surface area (Å²) in [6.45, 7) is 7.52. The second-order valence-electron chi connectivity index (χ2n) is 5.36. The third-order valence-corrected chi connectivity index (χ3v) is 2.43. The van der Waals surface area contributed by atoms with Crippen LogP contribution in [0, 0.1) is 5.41 Å². The monoisotopic (exact) mass is 222 g/mol. The van der Waals surface area contributed by atoms with Crippen molar-refractivity contribution < 1.29 is 9.84 Å². The second kappa shape index (κ2) is 5.78. The highest BCUT2D eigenvalue weighted by Gasteiger charge is 2.08.